The number of likely N-dealkylation sites (tertiary alicyclic amines) is 1. The smallest absolute Gasteiger partial charge is 0.318 e. The maximum absolute atomic E-state index is 12.6. The zero-order valence-electron chi connectivity index (χ0n) is 13.5. The fourth-order valence-electron chi connectivity index (χ4n) is 3.68. The lowest BCUT2D eigenvalue weighted by molar-refractivity contribution is -0.142. The first kappa shape index (κ1) is 15.9. The molecule has 1 aliphatic carbocycles. The van der Waals surface area contributed by atoms with E-state index >= 15 is 0 Å². The van der Waals surface area contributed by atoms with Crippen molar-refractivity contribution in [3.8, 4) is 0 Å². The Labute approximate surface area is 135 Å². The molecule has 1 aliphatic heterocycles. The van der Waals surface area contributed by atoms with Crippen LogP contribution in [0, 0.1) is 12.8 Å². The van der Waals surface area contributed by atoms with E-state index in [9.17, 15) is 9.59 Å². The molecule has 2 N–H and O–H groups in total. The molecule has 1 unspecified atom stereocenters. The highest BCUT2D eigenvalue weighted by Gasteiger charge is 2.34. The number of hydrogen-bond donors (Lipinski definition) is 2. The van der Waals surface area contributed by atoms with Crippen LogP contribution in [-0.4, -0.2) is 34.6 Å². The molecular formula is C17H24N2O4. The summed E-state index contributed by atoms with van der Waals surface area (Å²) in [6, 6.07) is 3.91. The third-order valence-corrected chi connectivity index (χ3v) is 5.01. The van der Waals surface area contributed by atoms with Gasteiger partial charge in [-0.3, -0.25) is 4.79 Å². The average molecular weight is 320 g/mol. The summed E-state index contributed by atoms with van der Waals surface area (Å²) in [6.07, 6.45) is 4.65. The second kappa shape index (κ2) is 6.64. The topological polar surface area (TPSA) is 82.8 Å². The van der Waals surface area contributed by atoms with Gasteiger partial charge in [0.05, 0.1) is 12.0 Å². The van der Waals surface area contributed by atoms with Gasteiger partial charge in [-0.05, 0) is 57.6 Å². The lowest BCUT2D eigenvalue weighted by atomic mass is 9.86. The standard InChI is InChI=1S/C17H24N2O4/c1-11-4-9-15(23-11)14-3-2-10-19(14)17(22)18-13-7-5-12(6-8-13)16(20)21/h4,9,12-14H,2-3,5-8,10H2,1H3,(H,18,22)(H,20,21). The fraction of sp³-hybridized carbons (Fsp3) is 0.647. The Morgan fingerprint density at radius 2 is 1.96 bits per heavy atom. The third kappa shape index (κ3) is 3.51. The number of carbonyl (C=O) groups excluding carboxylic acids is 1. The summed E-state index contributed by atoms with van der Waals surface area (Å²) >= 11 is 0. The van der Waals surface area contributed by atoms with Crippen molar-refractivity contribution in [3.63, 3.8) is 0 Å². The fourth-order valence-corrected chi connectivity index (χ4v) is 3.68. The number of carbonyl (C=O) groups is 2. The molecule has 1 aromatic heterocycles. The van der Waals surface area contributed by atoms with Gasteiger partial charge in [-0.15, -0.1) is 0 Å². The molecule has 2 fully saturated rings. The van der Waals surface area contributed by atoms with Gasteiger partial charge in [-0.25, -0.2) is 4.79 Å². The number of nitrogens with one attached hydrogen (secondary N) is 1. The summed E-state index contributed by atoms with van der Waals surface area (Å²) in [5.41, 5.74) is 0. The second-order valence-corrected chi connectivity index (χ2v) is 6.64. The SMILES string of the molecule is Cc1ccc(C2CCCN2C(=O)NC2CCC(C(=O)O)CC2)o1. The van der Waals surface area contributed by atoms with E-state index in [1.807, 2.05) is 24.0 Å². The van der Waals surface area contributed by atoms with E-state index in [1.54, 1.807) is 0 Å². The van der Waals surface area contributed by atoms with E-state index in [4.69, 9.17) is 9.52 Å². The maximum Gasteiger partial charge on any atom is 0.318 e. The van der Waals surface area contributed by atoms with Gasteiger partial charge in [0.2, 0.25) is 0 Å². The molecule has 0 spiro atoms. The molecule has 0 radical (unpaired) electrons. The Morgan fingerprint density at radius 3 is 2.57 bits per heavy atom. The van der Waals surface area contributed by atoms with Crippen LogP contribution in [0.15, 0.2) is 16.5 Å². The Kier molecular flexibility index (Phi) is 4.59. The Bertz CT molecular complexity index is 575. The summed E-state index contributed by atoms with van der Waals surface area (Å²) in [5, 5.41) is 12.1. The molecule has 1 saturated carbocycles. The summed E-state index contributed by atoms with van der Waals surface area (Å²) < 4.78 is 5.69. The minimum Gasteiger partial charge on any atom is -0.481 e. The van der Waals surface area contributed by atoms with Crippen molar-refractivity contribution >= 4 is 12.0 Å². The molecule has 1 aromatic rings. The molecular weight excluding hydrogens is 296 g/mol. The quantitative estimate of drug-likeness (QED) is 0.896. The van der Waals surface area contributed by atoms with E-state index in [0.29, 0.717) is 12.8 Å². The molecule has 126 valence electrons. The molecule has 2 aliphatic rings. The van der Waals surface area contributed by atoms with Crippen LogP contribution in [0.2, 0.25) is 0 Å². The average Bonchev–Trinajstić information content (AvgIpc) is 3.16. The number of rotatable bonds is 3. The lowest BCUT2D eigenvalue weighted by Gasteiger charge is -2.30. The number of carboxylic acids is 1. The predicted octanol–water partition coefficient (Wildman–Crippen LogP) is 3.08. The van der Waals surface area contributed by atoms with Crippen molar-refractivity contribution < 1.29 is 19.1 Å². The number of carboxylic acid groups (broad SMARTS) is 1. The molecule has 2 heterocycles. The zero-order chi connectivity index (χ0) is 16.4. The predicted molar refractivity (Wildman–Crippen MR) is 84.0 cm³/mol. The van der Waals surface area contributed by atoms with Gasteiger partial charge in [0, 0.05) is 12.6 Å². The van der Waals surface area contributed by atoms with E-state index < -0.39 is 5.97 Å². The van der Waals surface area contributed by atoms with E-state index in [-0.39, 0.29) is 24.0 Å². The van der Waals surface area contributed by atoms with Crippen LogP contribution in [0.1, 0.15) is 56.1 Å². The van der Waals surface area contributed by atoms with Gasteiger partial charge >= 0.3 is 12.0 Å². The highest BCUT2D eigenvalue weighted by atomic mass is 16.4. The number of amides is 2. The van der Waals surface area contributed by atoms with Crippen molar-refractivity contribution in [3.05, 3.63) is 23.7 Å². The van der Waals surface area contributed by atoms with Crippen LogP contribution in [0.25, 0.3) is 0 Å². The largest absolute Gasteiger partial charge is 0.481 e. The normalized spacial score (nSPS) is 27.9. The summed E-state index contributed by atoms with van der Waals surface area (Å²) in [7, 11) is 0. The minimum atomic E-state index is -0.720. The van der Waals surface area contributed by atoms with Crippen molar-refractivity contribution in [1.82, 2.24) is 10.2 Å². The van der Waals surface area contributed by atoms with E-state index in [0.717, 1.165) is 43.7 Å². The van der Waals surface area contributed by atoms with Crippen molar-refractivity contribution in [2.75, 3.05) is 6.54 Å². The summed E-state index contributed by atoms with van der Waals surface area (Å²) in [4.78, 5) is 25.4. The summed E-state index contributed by atoms with van der Waals surface area (Å²) in [6.45, 7) is 2.64. The molecule has 0 bridgehead atoms. The van der Waals surface area contributed by atoms with Gasteiger partial charge < -0.3 is 19.7 Å². The highest BCUT2D eigenvalue weighted by molar-refractivity contribution is 5.75. The zero-order valence-corrected chi connectivity index (χ0v) is 13.5. The minimum absolute atomic E-state index is 0.0130. The number of hydrogen-bond acceptors (Lipinski definition) is 3. The van der Waals surface area contributed by atoms with E-state index in [1.165, 1.54) is 0 Å². The molecule has 23 heavy (non-hydrogen) atoms. The van der Waals surface area contributed by atoms with Gasteiger partial charge in [-0.2, -0.15) is 0 Å². The Hall–Kier alpha value is -1.98. The van der Waals surface area contributed by atoms with Gasteiger partial charge in [0.1, 0.15) is 11.5 Å². The maximum atomic E-state index is 12.6. The molecule has 0 aromatic carbocycles. The number of urea groups is 1. The monoisotopic (exact) mass is 320 g/mol. The van der Waals surface area contributed by atoms with E-state index in [2.05, 4.69) is 5.32 Å². The van der Waals surface area contributed by atoms with Crippen LogP contribution in [0.4, 0.5) is 4.79 Å². The van der Waals surface area contributed by atoms with Crippen molar-refractivity contribution in [2.24, 2.45) is 5.92 Å². The van der Waals surface area contributed by atoms with Crippen LogP contribution >= 0.6 is 0 Å². The summed E-state index contributed by atoms with van der Waals surface area (Å²) in [5.74, 6) is 0.736. The number of nitrogens with zero attached hydrogens (tertiary/aromatic N) is 1. The number of aliphatic carboxylic acids is 1. The van der Waals surface area contributed by atoms with Crippen LogP contribution in [0.5, 0.6) is 0 Å². The third-order valence-electron chi connectivity index (χ3n) is 5.01. The molecule has 3 rings (SSSR count). The highest BCUT2D eigenvalue weighted by Crippen LogP contribution is 2.33. The second-order valence-electron chi connectivity index (χ2n) is 6.64. The Balaban J connectivity index is 1.56. The van der Waals surface area contributed by atoms with Crippen molar-refractivity contribution in [2.45, 2.75) is 57.5 Å². The first-order valence-corrected chi connectivity index (χ1v) is 8.41. The van der Waals surface area contributed by atoms with Crippen molar-refractivity contribution in [1.29, 1.82) is 0 Å². The first-order chi connectivity index (χ1) is 11.0. The van der Waals surface area contributed by atoms with Gasteiger partial charge in [-0.1, -0.05) is 0 Å². The molecule has 2 amide bonds. The van der Waals surface area contributed by atoms with Gasteiger partial charge in [0.25, 0.3) is 0 Å². The number of furan rings is 1. The first-order valence-electron chi connectivity index (χ1n) is 8.41. The van der Waals surface area contributed by atoms with Crippen LogP contribution in [0.3, 0.4) is 0 Å². The molecule has 6 nitrogen and oxygen atoms in total. The lowest BCUT2D eigenvalue weighted by Crippen LogP contribution is -2.46. The van der Waals surface area contributed by atoms with Crippen LogP contribution in [-0.2, 0) is 4.79 Å². The molecule has 1 atom stereocenters. The molecule has 6 heteroatoms. The number of aryl methyl sites for hydroxylation is 1. The van der Waals surface area contributed by atoms with Crippen LogP contribution < -0.4 is 5.32 Å². The Morgan fingerprint density at radius 1 is 1.22 bits per heavy atom. The molecule has 1 saturated heterocycles. The van der Waals surface area contributed by atoms with Gasteiger partial charge in [0.15, 0.2) is 0 Å².